The van der Waals surface area contributed by atoms with Crippen LogP contribution in [0, 0.1) is 5.82 Å². The number of esters is 1. The number of rotatable bonds is 6. The molecule has 0 aliphatic rings. The van der Waals surface area contributed by atoms with Crippen molar-refractivity contribution in [1.29, 1.82) is 0 Å². The van der Waals surface area contributed by atoms with Gasteiger partial charge in [-0.3, -0.25) is 4.79 Å². The number of amides is 1. The molecule has 1 atom stereocenters. The number of hydrogen-bond acceptors (Lipinski definition) is 3. The van der Waals surface area contributed by atoms with Gasteiger partial charge in [0.15, 0.2) is 6.10 Å². The first-order valence-electron chi connectivity index (χ1n) is 7.35. The third-order valence-corrected chi connectivity index (χ3v) is 3.30. The van der Waals surface area contributed by atoms with E-state index in [-0.39, 0.29) is 5.56 Å². The van der Waals surface area contributed by atoms with E-state index < -0.39 is 23.8 Å². The first-order valence-corrected chi connectivity index (χ1v) is 7.35. The maximum Gasteiger partial charge on any atom is 0.341 e. The van der Waals surface area contributed by atoms with E-state index in [1.54, 1.807) is 0 Å². The number of carbonyl (C=O) groups is 2. The predicted octanol–water partition coefficient (Wildman–Crippen LogP) is 2.73. The normalized spacial score (nSPS) is 11.6. The van der Waals surface area contributed by atoms with E-state index in [1.807, 2.05) is 30.3 Å². The fourth-order valence-electron chi connectivity index (χ4n) is 2.02. The van der Waals surface area contributed by atoms with Gasteiger partial charge in [-0.1, -0.05) is 42.5 Å². The monoisotopic (exact) mass is 315 g/mol. The number of nitrogens with one attached hydrogen (secondary N) is 1. The van der Waals surface area contributed by atoms with E-state index in [2.05, 4.69) is 5.32 Å². The van der Waals surface area contributed by atoms with Crippen LogP contribution < -0.4 is 5.32 Å². The molecule has 23 heavy (non-hydrogen) atoms. The standard InChI is InChI=1S/C18H18FNO3/c1-13(23-18(22)15-9-5-6-10-16(15)19)17(21)20-12-11-14-7-3-2-4-8-14/h2-10,13H,11-12H2,1H3,(H,20,21)/t13-/m1/s1. The van der Waals surface area contributed by atoms with Gasteiger partial charge in [0, 0.05) is 6.54 Å². The molecule has 1 N–H and O–H groups in total. The zero-order valence-electron chi connectivity index (χ0n) is 12.8. The molecule has 4 nitrogen and oxygen atoms in total. The van der Waals surface area contributed by atoms with Crippen LogP contribution in [-0.4, -0.2) is 24.5 Å². The van der Waals surface area contributed by atoms with Gasteiger partial charge >= 0.3 is 5.97 Å². The molecule has 0 saturated carbocycles. The van der Waals surface area contributed by atoms with E-state index in [9.17, 15) is 14.0 Å². The average Bonchev–Trinajstić information content (AvgIpc) is 2.56. The fraction of sp³-hybridized carbons (Fsp3) is 0.222. The average molecular weight is 315 g/mol. The van der Waals surface area contributed by atoms with Gasteiger partial charge in [0.1, 0.15) is 5.82 Å². The summed E-state index contributed by atoms with van der Waals surface area (Å²) in [7, 11) is 0. The summed E-state index contributed by atoms with van der Waals surface area (Å²) in [6.07, 6.45) is -0.307. The van der Waals surface area contributed by atoms with Gasteiger partial charge in [-0.05, 0) is 31.0 Å². The topological polar surface area (TPSA) is 55.4 Å². The van der Waals surface area contributed by atoms with E-state index >= 15 is 0 Å². The molecule has 2 rings (SSSR count). The summed E-state index contributed by atoms with van der Waals surface area (Å²) in [5, 5.41) is 2.69. The smallest absolute Gasteiger partial charge is 0.341 e. The minimum atomic E-state index is -0.988. The van der Waals surface area contributed by atoms with Crippen molar-refractivity contribution in [3.8, 4) is 0 Å². The molecule has 0 aromatic heterocycles. The summed E-state index contributed by atoms with van der Waals surface area (Å²) in [6.45, 7) is 1.89. The fourth-order valence-corrected chi connectivity index (χ4v) is 2.02. The molecule has 2 aromatic rings. The van der Waals surface area contributed by atoms with E-state index in [1.165, 1.54) is 31.2 Å². The molecule has 0 bridgehead atoms. The number of ether oxygens (including phenoxy) is 1. The Morgan fingerprint density at radius 1 is 1.09 bits per heavy atom. The second-order valence-corrected chi connectivity index (χ2v) is 5.05. The van der Waals surface area contributed by atoms with Gasteiger partial charge in [0.05, 0.1) is 5.56 Å². The largest absolute Gasteiger partial charge is 0.449 e. The number of carbonyl (C=O) groups excluding carboxylic acids is 2. The summed E-state index contributed by atoms with van der Waals surface area (Å²) in [6, 6.07) is 15.2. The SMILES string of the molecule is C[C@@H](OC(=O)c1ccccc1F)C(=O)NCCc1ccccc1. The molecular weight excluding hydrogens is 297 g/mol. The van der Waals surface area contributed by atoms with Gasteiger partial charge in [-0.15, -0.1) is 0 Å². The maximum absolute atomic E-state index is 13.5. The summed E-state index contributed by atoms with van der Waals surface area (Å²) in [5.41, 5.74) is 0.917. The molecule has 0 spiro atoms. The minimum absolute atomic E-state index is 0.184. The van der Waals surface area contributed by atoms with Crippen molar-refractivity contribution in [1.82, 2.24) is 5.32 Å². The van der Waals surface area contributed by atoms with Crippen LogP contribution in [0.3, 0.4) is 0 Å². The highest BCUT2D eigenvalue weighted by Crippen LogP contribution is 2.09. The van der Waals surface area contributed by atoms with Crippen molar-refractivity contribution in [2.24, 2.45) is 0 Å². The summed E-state index contributed by atoms with van der Waals surface area (Å²) in [5.74, 6) is -1.94. The minimum Gasteiger partial charge on any atom is -0.449 e. The second-order valence-electron chi connectivity index (χ2n) is 5.05. The van der Waals surface area contributed by atoms with Crippen LogP contribution in [0.2, 0.25) is 0 Å². The second kappa shape index (κ2) is 8.08. The van der Waals surface area contributed by atoms with Crippen molar-refractivity contribution in [2.75, 3.05) is 6.54 Å². The lowest BCUT2D eigenvalue weighted by Gasteiger charge is -2.13. The Hall–Kier alpha value is -2.69. The zero-order chi connectivity index (χ0) is 16.7. The Balaban J connectivity index is 1.81. The van der Waals surface area contributed by atoms with Crippen molar-refractivity contribution in [3.63, 3.8) is 0 Å². The van der Waals surface area contributed by atoms with E-state index in [4.69, 9.17) is 4.74 Å². The zero-order valence-corrected chi connectivity index (χ0v) is 12.8. The Morgan fingerprint density at radius 3 is 2.43 bits per heavy atom. The highest BCUT2D eigenvalue weighted by atomic mass is 19.1. The highest BCUT2D eigenvalue weighted by molar-refractivity contribution is 5.92. The number of hydrogen-bond donors (Lipinski definition) is 1. The predicted molar refractivity (Wildman–Crippen MR) is 84.4 cm³/mol. The van der Waals surface area contributed by atoms with Crippen LogP contribution in [0.15, 0.2) is 54.6 Å². The van der Waals surface area contributed by atoms with Crippen LogP contribution >= 0.6 is 0 Å². The molecule has 1 amide bonds. The summed E-state index contributed by atoms with van der Waals surface area (Å²) < 4.78 is 18.5. The first-order chi connectivity index (χ1) is 11.1. The quantitative estimate of drug-likeness (QED) is 0.834. The molecule has 0 heterocycles. The molecule has 0 radical (unpaired) electrons. The highest BCUT2D eigenvalue weighted by Gasteiger charge is 2.20. The molecule has 0 saturated heterocycles. The van der Waals surface area contributed by atoms with E-state index in [0.29, 0.717) is 13.0 Å². The summed E-state index contributed by atoms with van der Waals surface area (Å²) in [4.78, 5) is 23.7. The Bertz CT molecular complexity index is 673. The molecule has 0 aliphatic heterocycles. The van der Waals surface area contributed by atoms with Crippen molar-refractivity contribution >= 4 is 11.9 Å². The van der Waals surface area contributed by atoms with Gasteiger partial charge in [-0.25, -0.2) is 9.18 Å². The molecule has 0 aliphatic carbocycles. The Kier molecular flexibility index (Phi) is 5.86. The van der Waals surface area contributed by atoms with Crippen LogP contribution in [0.5, 0.6) is 0 Å². The Morgan fingerprint density at radius 2 is 1.74 bits per heavy atom. The Labute approximate surface area is 134 Å². The molecular formula is C18H18FNO3. The molecule has 2 aromatic carbocycles. The van der Waals surface area contributed by atoms with Crippen LogP contribution in [0.4, 0.5) is 4.39 Å². The number of halogens is 1. The lowest BCUT2D eigenvalue weighted by atomic mass is 10.1. The molecule has 120 valence electrons. The van der Waals surface area contributed by atoms with Crippen molar-refractivity contribution in [3.05, 3.63) is 71.5 Å². The van der Waals surface area contributed by atoms with Crippen LogP contribution in [0.25, 0.3) is 0 Å². The maximum atomic E-state index is 13.5. The molecule has 5 heteroatoms. The van der Waals surface area contributed by atoms with Gasteiger partial charge in [-0.2, -0.15) is 0 Å². The molecule has 0 fully saturated rings. The third-order valence-electron chi connectivity index (χ3n) is 3.30. The lowest BCUT2D eigenvalue weighted by Crippen LogP contribution is -2.37. The number of benzene rings is 2. The van der Waals surface area contributed by atoms with Gasteiger partial charge in [0.2, 0.25) is 0 Å². The first kappa shape index (κ1) is 16.7. The van der Waals surface area contributed by atoms with Gasteiger partial charge < -0.3 is 10.1 Å². The molecule has 0 unspecified atom stereocenters. The van der Waals surface area contributed by atoms with E-state index in [0.717, 1.165) is 5.56 Å². The van der Waals surface area contributed by atoms with Crippen molar-refractivity contribution in [2.45, 2.75) is 19.4 Å². The van der Waals surface area contributed by atoms with Crippen LogP contribution in [-0.2, 0) is 16.0 Å². The lowest BCUT2D eigenvalue weighted by molar-refractivity contribution is -0.129. The van der Waals surface area contributed by atoms with Crippen molar-refractivity contribution < 1.29 is 18.7 Å². The van der Waals surface area contributed by atoms with Crippen LogP contribution in [0.1, 0.15) is 22.8 Å². The summed E-state index contributed by atoms with van der Waals surface area (Å²) >= 11 is 0. The van der Waals surface area contributed by atoms with Gasteiger partial charge in [0.25, 0.3) is 5.91 Å². The third kappa shape index (κ3) is 4.92.